The fourth-order valence-corrected chi connectivity index (χ4v) is 2.87. The van der Waals surface area contributed by atoms with E-state index in [2.05, 4.69) is 34.3 Å². The molecule has 0 aliphatic carbocycles. The topological polar surface area (TPSA) is 43.9 Å². The highest BCUT2D eigenvalue weighted by Gasteiger charge is 2.19. The summed E-state index contributed by atoms with van der Waals surface area (Å²) in [6.07, 6.45) is 4.22. The molecule has 0 atom stereocenters. The minimum absolute atomic E-state index is 0.732. The van der Waals surface area contributed by atoms with Gasteiger partial charge >= 0.3 is 0 Å². The minimum Gasteiger partial charge on any atom is -0.443 e. The first-order chi connectivity index (χ1) is 11.8. The van der Waals surface area contributed by atoms with E-state index in [1.807, 2.05) is 54.3 Å². The van der Waals surface area contributed by atoms with Crippen LogP contribution in [0.25, 0.3) is 22.6 Å². The van der Waals surface area contributed by atoms with Gasteiger partial charge in [-0.3, -0.25) is 4.68 Å². The maximum atomic E-state index is 5.73. The van der Waals surface area contributed by atoms with Gasteiger partial charge in [0.1, 0.15) is 5.69 Å². The minimum atomic E-state index is 0.732. The van der Waals surface area contributed by atoms with Crippen LogP contribution < -0.4 is 0 Å². The molecule has 2 aromatic carbocycles. The maximum Gasteiger partial charge on any atom is 0.181 e. The molecule has 0 aliphatic heterocycles. The van der Waals surface area contributed by atoms with Crippen molar-refractivity contribution < 1.29 is 4.42 Å². The van der Waals surface area contributed by atoms with Gasteiger partial charge in [-0.25, -0.2) is 4.98 Å². The third-order valence-corrected chi connectivity index (χ3v) is 3.98. The van der Waals surface area contributed by atoms with Crippen molar-refractivity contribution in [1.29, 1.82) is 0 Å². The average molecular weight is 315 g/mol. The zero-order valence-electron chi connectivity index (χ0n) is 13.4. The Morgan fingerprint density at radius 3 is 2.42 bits per heavy atom. The first-order valence-electron chi connectivity index (χ1n) is 7.87. The van der Waals surface area contributed by atoms with Gasteiger partial charge in [0.15, 0.2) is 12.2 Å². The van der Waals surface area contributed by atoms with Crippen LogP contribution in [0, 0.1) is 0 Å². The highest BCUT2D eigenvalue weighted by molar-refractivity contribution is 5.78. The smallest absolute Gasteiger partial charge is 0.181 e. The van der Waals surface area contributed by atoms with Crippen molar-refractivity contribution in [2.75, 3.05) is 0 Å². The van der Waals surface area contributed by atoms with Gasteiger partial charge in [-0.2, -0.15) is 5.10 Å². The van der Waals surface area contributed by atoms with Crippen LogP contribution in [0.15, 0.2) is 77.7 Å². The molecular formula is C20H17N3O. The van der Waals surface area contributed by atoms with Crippen molar-refractivity contribution in [3.05, 3.63) is 84.5 Å². The Bertz CT molecular complexity index is 939. The number of aryl methyl sites for hydroxylation is 1. The van der Waals surface area contributed by atoms with Gasteiger partial charge in [0.2, 0.25) is 0 Å². The summed E-state index contributed by atoms with van der Waals surface area (Å²) < 4.78 is 7.55. The van der Waals surface area contributed by atoms with E-state index in [4.69, 9.17) is 4.42 Å². The van der Waals surface area contributed by atoms with Crippen molar-refractivity contribution >= 4 is 0 Å². The van der Waals surface area contributed by atoms with Gasteiger partial charge in [-0.15, -0.1) is 0 Å². The second-order valence-corrected chi connectivity index (χ2v) is 5.72. The second-order valence-electron chi connectivity index (χ2n) is 5.72. The van der Waals surface area contributed by atoms with Gasteiger partial charge in [0.05, 0.1) is 11.3 Å². The predicted octanol–water partition coefficient (Wildman–Crippen LogP) is 4.33. The zero-order valence-corrected chi connectivity index (χ0v) is 13.4. The van der Waals surface area contributed by atoms with E-state index in [0.29, 0.717) is 0 Å². The van der Waals surface area contributed by atoms with Gasteiger partial charge in [0.25, 0.3) is 0 Å². The Morgan fingerprint density at radius 2 is 1.67 bits per heavy atom. The van der Waals surface area contributed by atoms with Gasteiger partial charge < -0.3 is 4.42 Å². The Labute approximate surface area is 140 Å². The summed E-state index contributed by atoms with van der Waals surface area (Å²) in [7, 11) is 1.92. The lowest BCUT2D eigenvalue weighted by Gasteiger charge is -2.03. The molecule has 2 aromatic heterocycles. The lowest BCUT2D eigenvalue weighted by atomic mass is 10.0. The third kappa shape index (κ3) is 2.74. The average Bonchev–Trinajstić information content (AvgIpc) is 3.23. The number of oxazole rings is 1. The van der Waals surface area contributed by atoms with Crippen molar-refractivity contribution in [3.63, 3.8) is 0 Å². The number of hydrogen-bond donors (Lipinski definition) is 0. The largest absolute Gasteiger partial charge is 0.443 e. The molecule has 2 heterocycles. The van der Waals surface area contributed by atoms with E-state index >= 15 is 0 Å². The molecule has 0 radical (unpaired) electrons. The van der Waals surface area contributed by atoms with Crippen LogP contribution in [0.3, 0.4) is 0 Å². The number of nitrogens with zero attached hydrogens (tertiary/aromatic N) is 3. The SMILES string of the molecule is Cn1cc(-c2ocnc2Cc2ccccc2)c(-c2ccccc2)n1. The van der Waals surface area contributed by atoms with Crippen LogP contribution in [0.5, 0.6) is 0 Å². The number of aromatic nitrogens is 3. The Morgan fingerprint density at radius 1 is 0.958 bits per heavy atom. The maximum absolute atomic E-state index is 5.73. The van der Waals surface area contributed by atoms with Crippen LogP contribution >= 0.6 is 0 Å². The van der Waals surface area contributed by atoms with Crippen LogP contribution in [0.4, 0.5) is 0 Å². The van der Waals surface area contributed by atoms with Crippen LogP contribution in [0.2, 0.25) is 0 Å². The summed E-state index contributed by atoms with van der Waals surface area (Å²) in [5.74, 6) is 0.783. The first-order valence-corrected chi connectivity index (χ1v) is 7.87. The second kappa shape index (κ2) is 6.16. The molecule has 0 unspecified atom stereocenters. The molecule has 0 N–H and O–H groups in total. The molecule has 4 rings (SSSR count). The van der Waals surface area contributed by atoms with Crippen molar-refractivity contribution in [2.24, 2.45) is 7.05 Å². The molecule has 0 amide bonds. The highest BCUT2D eigenvalue weighted by atomic mass is 16.3. The van der Waals surface area contributed by atoms with E-state index in [1.165, 1.54) is 12.0 Å². The van der Waals surface area contributed by atoms with Crippen molar-refractivity contribution in [3.8, 4) is 22.6 Å². The molecule has 0 saturated heterocycles. The summed E-state index contributed by atoms with van der Waals surface area (Å²) in [6, 6.07) is 20.4. The standard InChI is InChI=1S/C20H17N3O/c1-23-13-17(19(22-23)16-10-6-3-7-11-16)20-18(21-14-24-20)12-15-8-4-2-5-9-15/h2-11,13-14H,12H2,1H3. The monoisotopic (exact) mass is 315 g/mol. The van der Waals surface area contributed by atoms with Crippen LogP contribution in [-0.2, 0) is 13.5 Å². The molecule has 4 aromatic rings. The molecular weight excluding hydrogens is 298 g/mol. The molecule has 4 heteroatoms. The van der Waals surface area contributed by atoms with E-state index < -0.39 is 0 Å². The number of rotatable bonds is 4. The quantitative estimate of drug-likeness (QED) is 0.563. The molecule has 0 aliphatic rings. The normalized spacial score (nSPS) is 10.9. The third-order valence-electron chi connectivity index (χ3n) is 3.98. The van der Waals surface area contributed by atoms with Crippen molar-refractivity contribution in [1.82, 2.24) is 14.8 Å². The predicted molar refractivity (Wildman–Crippen MR) is 93.4 cm³/mol. The summed E-state index contributed by atoms with van der Waals surface area (Å²) in [5.41, 5.74) is 5.07. The van der Waals surface area contributed by atoms with Crippen LogP contribution in [-0.4, -0.2) is 14.8 Å². The van der Waals surface area contributed by atoms with Crippen molar-refractivity contribution in [2.45, 2.75) is 6.42 Å². The van der Waals surface area contributed by atoms with E-state index in [0.717, 1.165) is 34.7 Å². The molecule has 24 heavy (non-hydrogen) atoms. The molecule has 4 nitrogen and oxygen atoms in total. The fourth-order valence-electron chi connectivity index (χ4n) is 2.87. The van der Waals surface area contributed by atoms with Gasteiger partial charge in [0, 0.05) is 25.2 Å². The van der Waals surface area contributed by atoms with E-state index in [1.54, 1.807) is 0 Å². The lowest BCUT2D eigenvalue weighted by Crippen LogP contribution is -1.91. The fraction of sp³-hybridized carbons (Fsp3) is 0.100. The van der Waals surface area contributed by atoms with Gasteiger partial charge in [-0.1, -0.05) is 60.7 Å². The molecule has 118 valence electrons. The zero-order chi connectivity index (χ0) is 16.4. The lowest BCUT2D eigenvalue weighted by molar-refractivity contribution is 0.571. The molecule has 0 saturated carbocycles. The Balaban J connectivity index is 1.77. The summed E-state index contributed by atoms with van der Waals surface area (Å²) >= 11 is 0. The van der Waals surface area contributed by atoms with E-state index in [-0.39, 0.29) is 0 Å². The summed E-state index contributed by atoms with van der Waals surface area (Å²) in [6.45, 7) is 0. The molecule has 0 fully saturated rings. The van der Waals surface area contributed by atoms with Gasteiger partial charge in [-0.05, 0) is 5.56 Å². The summed E-state index contributed by atoms with van der Waals surface area (Å²) in [4.78, 5) is 4.43. The Kier molecular flexibility index (Phi) is 3.71. The molecule has 0 spiro atoms. The van der Waals surface area contributed by atoms with E-state index in [9.17, 15) is 0 Å². The first kappa shape index (κ1) is 14.5. The molecule has 0 bridgehead atoms. The highest BCUT2D eigenvalue weighted by Crippen LogP contribution is 2.33. The van der Waals surface area contributed by atoms with Crippen LogP contribution in [0.1, 0.15) is 11.3 Å². The Hall–Kier alpha value is -3.14. The number of benzene rings is 2. The summed E-state index contributed by atoms with van der Waals surface area (Å²) in [5, 5.41) is 4.61. The number of hydrogen-bond acceptors (Lipinski definition) is 3.